The van der Waals surface area contributed by atoms with Crippen LogP contribution in [0.25, 0.3) is 11.3 Å². The molecule has 2 unspecified atom stereocenters. The van der Waals surface area contributed by atoms with Crippen LogP contribution in [-0.2, 0) is 7.05 Å². The third-order valence-corrected chi connectivity index (χ3v) is 5.83. The van der Waals surface area contributed by atoms with E-state index in [0.717, 1.165) is 30.6 Å². The summed E-state index contributed by atoms with van der Waals surface area (Å²) in [5, 5.41) is 4.37. The Bertz CT molecular complexity index is 780. The molecule has 1 aliphatic carbocycles. The molecule has 1 aromatic heterocycles. The van der Waals surface area contributed by atoms with E-state index in [1.165, 1.54) is 25.7 Å². The molecule has 4 rings (SSSR count). The van der Waals surface area contributed by atoms with Crippen LogP contribution in [0.2, 0.25) is 0 Å². The molecule has 2 atom stereocenters. The van der Waals surface area contributed by atoms with Crippen LogP contribution in [0.4, 0.5) is 5.69 Å². The number of hydrogen-bond donors (Lipinski definition) is 1. The molecule has 5 nitrogen and oxygen atoms in total. The van der Waals surface area contributed by atoms with Crippen molar-refractivity contribution in [2.75, 3.05) is 12.3 Å². The molecule has 2 heterocycles. The van der Waals surface area contributed by atoms with Crippen LogP contribution in [0.3, 0.4) is 0 Å². The van der Waals surface area contributed by atoms with E-state index in [4.69, 9.17) is 5.73 Å². The number of nitrogens with two attached hydrogens (primary N) is 1. The van der Waals surface area contributed by atoms with E-state index in [1.54, 1.807) is 10.9 Å². The summed E-state index contributed by atoms with van der Waals surface area (Å²) in [6.45, 7) is 0.866. The highest BCUT2D eigenvalue weighted by molar-refractivity contribution is 6.00. The van der Waals surface area contributed by atoms with Gasteiger partial charge in [-0.15, -0.1) is 0 Å². The third-order valence-electron chi connectivity index (χ3n) is 5.83. The Hall–Kier alpha value is -2.30. The Kier molecular flexibility index (Phi) is 4.24. The van der Waals surface area contributed by atoms with Crippen molar-refractivity contribution >= 4 is 11.6 Å². The lowest BCUT2D eigenvalue weighted by Crippen LogP contribution is -2.49. The maximum Gasteiger partial charge on any atom is 0.257 e. The van der Waals surface area contributed by atoms with E-state index in [2.05, 4.69) is 10.00 Å². The number of hydrogen-bond acceptors (Lipinski definition) is 3. The SMILES string of the molecule is Cn1ncc(C(=O)N2CCCC3CCCCC32)c1-c1cccc(N)c1. The molecular formula is C20H26N4O. The molecule has 1 saturated heterocycles. The topological polar surface area (TPSA) is 64.2 Å². The van der Waals surface area contributed by atoms with Gasteiger partial charge >= 0.3 is 0 Å². The second-order valence-corrected chi connectivity index (χ2v) is 7.41. The average molecular weight is 338 g/mol. The molecule has 2 fully saturated rings. The van der Waals surface area contributed by atoms with Crippen molar-refractivity contribution in [3.05, 3.63) is 36.0 Å². The number of piperidine rings is 1. The number of benzene rings is 1. The van der Waals surface area contributed by atoms with Gasteiger partial charge in [0.15, 0.2) is 0 Å². The van der Waals surface area contributed by atoms with Crippen molar-refractivity contribution in [3.8, 4) is 11.3 Å². The molecule has 132 valence electrons. The standard InChI is InChI=1S/C20H26N4O/c1-23-19(15-7-4-9-16(21)12-15)17(13-22-23)20(25)24-11-5-8-14-6-2-3-10-18(14)24/h4,7,9,12-14,18H,2-3,5-6,8,10-11,21H2,1H3. The number of anilines is 1. The first-order valence-corrected chi connectivity index (χ1v) is 9.34. The van der Waals surface area contributed by atoms with Gasteiger partial charge in [-0.3, -0.25) is 9.48 Å². The van der Waals surface area contributed by atoms with Gasteiger partial charge in [0.25, 0.3) is 5.91 Å². The van der Waals surface area contributed by atoms with Gasteiger partial charge < -0.3 is 10.6 Å². The van der Waals surface area contributed by atoms with E-state index >= 15 is 0 Å². The smallest absolute Gasteiger partial charge is 0.257 e. The molecule has 2 aromatic rings. The molecule has 0 spiro atoms. The van der Waals surface area contributed by atoms with Crippen LogP contribution in [0.5, 0.6) is 0 Å². The van der Waals surface area contributed by atoms with Gasteiger partial charge in [0.05, 0.1) is 17.5 Å². The number of nitrogens with zero attached hydrogens (tertiary/aromatic N) is 3. The fraction of sp³-hybridized carbons (Fsp3) is 0.500. The van der Waals surface area contributed by atoms with Crippen LogP contribution in [0.1, 0.15) is 48.9 Å². The first kappa shape index (κ1) is 16.2. The number of fused-ring (bicyclic) bond motifs is 1. The van der Waals surface area contributed by atoms with Crippen LogP contribution in [0, 0.1) is 5.92 Å². The number of nitrogen functional groups attached to an aromatic ring is 1. The molecule has 1 aliphatic heterocycles. The van der Waals surface area contributed by atoms with Gasteiger partial charge in [-0.05, 0) is 43.7 Å². The zero-order valence-corrected chi connectivity index (χ0v) is 14.8. The molecule has 2 N–H and O–H groups in total. The van der Waals surface area contributed by atoms with Gasteiger partial charge in [-0.1, -0.05) is 25.0 Å². The van der Waals surface area contributed by atoms with Gasteiger partial charge in [-0.25, -0.2) is 0 Å². The maximum atomic E-state index is 13.4. The van der Waals surface area contributed by atoms with Crippen LogP contribution in [-0.4, -0.2) is 33.2 Å². The molecule has 0 bridgehead atoms. The first-order valence-electron chi connectivity index (χ1n) is 9.34. The summed E-state index contributed by atoms with van der Waals surface area (Å²) in [5.74, 6) is 0.807. The first-order chi connectivity index (χ1) is 12.1. The third kappa shape index (κ3) is 2.92. The highest BCUT2D eigenvalue weighted by atomic mass is 16.2. The summed E-state index contributed by atoms with van der Waals surface area (Å²) in [7, 11) is 1.88. The Balaban J connectivity index is 1.69. The van der Waals surface area contributed by atoms with Gasteiger partial charge in [-0.2, -0.15) is 5.10 Å². The fourth-order valence-corrected chi connectivity index (χ4v) is 4.65. The minimum atomic E-state index is 0.127. The fourth-order valence-electron chi connectivity index (χ4n) is 4.65. The van der Waals surface area contributed by atoms with Gasteiger partial charge in [0, 0.05) is 30.9 Å². The number of likely N-dealkylation sites (tertiary alicyclic amines) is 1. The maximum absolute atomic E-state index is 13.4. The summed E-state index contributed by atoms with van der Waals surface area (Å²) in [4.78, 5) is 15.5. The Morgan fingerprint density at radius 1 is 1.20 bits per heavy atom. The Morgan fingerprint density at radius 2 is 2.00 bits per heavy atom. The number of carbonyl (C=O) groups excluding carboxylic acids is 1. The molecule has 25 heavy (non-hydrogen) atoms. The van der Waals surface area contributed by atoms with Gasteiger partial charge in [0.2, 0.25) is 0 Å². The monoisotopic (exact) mass is 338 g/mol. The van der Waals surface area contributed by atoms with Crippen molar-refractivity contribution in [1.29, 1.82) is 0 Å². The predicted molar refractivity (Wildman–Crippen MR) is 99.1 cm³/mol. The summed E-state index contributed by atoms with van der Waals surface area (Å²) in [6.07, 6.45) is 9.05. The largest absolute Gasteiger partial charge is 0.399 e. The summed E-state index contributed by atoms with van der Waals surface area (Å²) in [5.41, 5.74) is 9.14. The van der Waals surface area contributed by atoms with E-state index in [-0.39, 0.29) is 5.91 Å². The summed E-state index contributed by atoms with van der Waals surface area (Å²) < 4.78 is 1.78. The number of aryl methyl sites for hydroxylation is 1. The Labute approximate surface area is 148 Å². The average Bonchev–Trinajstić information content (AvgIpc) is 3.02. The van der Waals surface area contributed by atoms with Crippen molar-refractivity contribution < 1.29 is 4.79 Å². The summed E-state index contributed by atoms with van der Waals surface area (Å²) in [6, 6.07) is 8.09. The zero-order chi connectivity index (χ0) is 17.4. The molecule has 0 radical (unpaired) electrons. The minimum absolute atomic E-state index is 0.127. The van der Waals surface area contributed by atoms with Crippen LogP contribution < -0.4 is 5.73 Å². The second-order valence-electron chi connectivity index (χ2n) is 7.41. The van der Waals surface area contributed by atoms with Crippen molar-refractivity contribution in [3.63, 3.8) is 0 Å². The zero-order valence-electron chi connectivity index (χ0n) is 14.8. The van der Waals surface area contributed by atoms with E-state index in [9.17, 15) is 4.79 Å². The van der Waals surface area contributed by atoms with Crippen LogP contribution in [0.15, 0.2) is 30.5 Å². The lowest BCUT2D eigenvalue weighted by atomic mass is 9.78. The molecule has 1 amide bonds. The number of rotatable bonds is 2. The molecule has 2 aliphatic rings. The van der Waals surface area contributed by atoms with Crippen molar-refractivity contribution in [2.24, 2.45) is 13.0 Å². The normalized spacial score (nSPS) is 23.3. The molecule has 5 heteroatoms. The lowest BCUT2D eigenvalue weighted by molar-refractivity contribution is 0.0391. The molecular weight excluding hydrogens is 312 g/mol. The Morgan fingerprint density at radius 3 is 2.84 bits per heavy atom. The number of amides is 1. The molecule has 1 saturated carbocycles. The highest BCUT2D eigenvalue weighted by Crippen LogP contribution is 2.37. The second kappa shape index (κ2) is 6.54. The van der Waals surface area contributed by atoms with Crippen LogP contribution >= 0.6 is 0 Å². The van der Waals surface area contributed by atoms with E-state index in [1.807, 2.05) is 31.3 Å². The lowest BCUT2D eigenvalue weighted by Gasteiger charge is -2.44. The predicted octanol–water partition coefficient (Wildman–Crippen LogP) is 3.46. The quantitative estimate of drug-likeness (QED) is 0.853. The van der Waals surface area contributed by atoms with Crippen molar-refractivity contribution in [2.45, 2.75) is 44.6 Å². The number of carbonyl (C=O) groups is 1. The number of aromatic nitrogens is 2. The summed E-state index contributed by atoms with van der Waals surface area (Å²) >= 11 is 0. The minimum Gasteiger partial charge on any atom is -0.399 e. The van der Waals surface area contributed by atoms with Crippen molar-refractivity contribution in [1.82, 2.24) is 14.7 Å². The molecule has 1 aromatic carbocycles. The van der Waals surface area contributed by atoms with E-state index in [0.29, 0.717) is 23.2 Å². The van der Waals surface area contributed by atoms with E-state index < -0.39 is 0 Å². The highest BCUT2D eigenvalue weighted by Gasteiger charge is 2.37. The van der Waals surface area contributed by atoms with Gasteiger partial charge in [0.1, 0.15) is 0 Å².